The van der Waals surface area contributed by atoms with Gasteiger partial charge in [-0.15, -0.1) is 0 Å². The smallest absolute Gasteiger partial charge is 0.227 e. The zero-order valence-electron chi connectivity index (χ0n) is 19.4. The van der Waals surface area contributed by atoms with Gasteiger partial charge in [0.25, 0.3) is 0 Å². The van der Waals surface area contributed by atoms with Crippen molar-refractivity contribution in [1.82, 2.24) is 10.2 Å². The van der Waals surface area contributed by atoms with E-state index in [-0.39, 0.29) is 56.5 Å². The van der Waals surface area contributed by atoms with Gasteiger partial charge in [-0.1, -0.05) is 36.4 Å². The molecule has 1 aliphatic rings. The molecule has 1 saturated heterocycles. The molecule has 8 nitrogen and oxygen atoms in total. The first-order valence-corrected chi connectivity index (χ1v) is 11.7. The highest BCUT2D eigenvalue weighted by Gasteiger charge is 2.21. The number of para-hydroxylation sites is 2. The van der Waals surface area contributed by atoms with Crippen LogP contribution in [0, 0.1) is 11.3 Å². The molecule has 8 heteroatoms. The molecule has 0 bridgehead atoms. The number of hydrogen-bond acceptors (Lipinski definition) is 5. The Labute approximate surface area is 200 Å². The predicted molar refractivity (Wildman–Crippen MR) is 131 cm³/mol. The molecule has 0 spiro atoms. The standard InChI is InChI=1S/C26H31N5O3/c27-15-7-17-31(23-10-5-2-6-11-23)26(34)13-12-24(32)28-16-14-25(33)30-20-18-29(19-21-30)22-8-3-1-4-9-22/h1-6,8-11H,7,12-14,16-21H2,(H,28,32). The van der Waals surface area contributed by atoms with Crippen molar-refractivity contribution in [1.29, 1.82) is 5.26 Å². The van der Waals surface area contributed by atoms with Gasteiger partial charge >= 0.3 is 0 Å². The zero-order chi connectivity index (χ0) is 24.2. The summed E-state index contributed by atoms with van der Waals surface area (Å²) in [5.74, 6) is -0.442. The summed E-state index contributed by atoms with van der Waals surface area (Å²) in [6.45, 7) is 3.43. The molecular formula is C26H31N5O3. The minimum Gasteiger partial charge on any atom is -0.368 e. The molecule has 2 aromatic carbocycles. The van der Waals surface area contributed by atoms with Crippen molar-refractivity contribution in [2.24, 2.45) is 0 Å². The van der Waals surface area contributed by atoms with E-state index in [4.69, 9.17) is 5.26 Å². The third-order valence-electron chi connectivity index (χ3n) is 5.80. The fraction of sp³-hybridized carbons (Fsp3) is 0.385. The normalized spacial score (nSPS) is 13.1. The van der Waals surface area contributed by atoms with Crippen molar-refractivity contribution in [2.75, 3.05) is 49.1 Å². The molecule has 0 radical (unpaired) electrons. The second-order valence-electron chi connectivity index (χ2n) is 8.09. The summed E-state index contributed by atoms with van der Waals surface area (Å²) in [6.07, 6.45) is 0.540. The monoisotopic (exact) mass is 461 g/mol. The number of nitriles is 1. The molecule has 34 heavy (non-hydrogen) atoms. The lowest BCUT2D eigenvalue weighted by atomic mass is 10.2. The molecule has 0 saturated carbocycles. The Kier molecular flexibility index (Phi) is 9.47. The number of amides is 3. The fourth-order valence-corrected chi connectivity index (χ4v) is 3.93. The topological polar surface area (TPSA) is 96.8 Å². The van der Waals surface area contributed by atoms with Gasteiger partial charge < -0.3 is 20.0 Å². The van der Waals surface area contributed by atoms with Gasteiger partial charge in [0.2, 0.25) is 17.7 Å². The fourth-order valence-electron chi connectivity index (χ4n) is 3.93. The maximum atomic E-state index is 12.6. The van der Waals surface area contributed by atoms with Gasteiger partial charge in [-0.25, -0.2) is 0 Å². The summed E-state index contributed by atoms with van der Waals surface area (Å²) in [6, 6.07) is 21.3. The molecule has 0 aliphatic carbocycles. The number of benzene rings is 2. The molecule has 3 rings (SSSR count). The number of rotatable bonds is 10. The molecule has 0 atom stereocenters. The molecule has 1 heterocycles. The van der Waals surface area contributed by atoms with Gasteiger partial charge in [0.05, 0.1) is 12.5 Å². The predicted octanol–water partition coefficient (Wildman–Crippen LogP) is 2.57. The van der Waals surface area contributed by atoms with E-state index in [2.05, 4.69) is 28.4 Å². The molecule has 1 aliphatic heterocycles. The van der Waals surface area contributed by atoms with Crippen molar-refractivity contribution >= 4 is 29.1 Å². The van der Waals surface area contributed by atoms with Crippen LogP contribution < -0.4 is 15.1 Å². The molecule has 2 aromatic rings. The van der Waals surface area contributed by atoms with Crippen LogP contribution in [0.2, 0.25) is 0 Å². The van der Waals surface area contributed by atoms with Crippen LogP contribution in [0.5, 0.6) is 0 Å². The molecule has 0 unspecified atom stereocenters. The summed E-state index contributed by atoms with van der Waals surface area (Å²) in [5, 5.41) is 11.6. The van der Waals surface area contributed by atoms with Crippen molar-refractivity contribution < 1.29 is 14.4 Å². The van der Waals surface area contributed by atoms with E-state index in [0.29, 0.717) is 18.8 Å². The van der Waals surface area contributed by atoms with Gasteiger partial charge in [-0.3, -0.25) is 14.4 Å². The number of carbonyl (C=O) groups is 3. The van der Waals surface area contributed by atoms with E-state index in [0.717, 1.165) is 18.8 Å². The molecule has 0 aromatic heterocycles. The third-order valence-corrected chi connectivity index (χ3v) is 5.80. The second-order valence-corrected chi connectivity index (χ2v) is 8.09. The summed E-state index contributed by atoms with van der Waals surface area (Å²) in [7, 11) is 0. The number of hydrogen-bond donors (Lipinski definition) is 1. The Balaban J connectivity index is 1.36. The highest BCUT2D eigenvalue weighted by atomic mass is 16.2. The molecule has 3 amide bonds. The summed E-state index contributed by atoms with van der Waals surface area (Å²) in [4.78, 5) is 43.0. The van der Waals surface area contributed by atoms with Gasteiger partial charge in [-0.2, -0.15) is 5.26 Å². The van der Waals surface area contributed by atoms with E-state index >= 15 is 0 Å². The van der Waals surface area contributed by atoms with Crippen LogP contribution in [0.25, 0.3) is 0 Å². The SMILES string of the molecule is N#CCCN(C(=O)CCC(=O)NCCC(=O)N1CCN(c2ccccc2)CC1)c1ccccc1. The largest absolute Gasteiger partial charge is 0.368 e. The van der Waals surface area contributed by atoms with E-state index in [1.54, 1.807) is 12.1 Å². The summed E-state index contributed by atoms with van der Waals surface area (Å²) < 4.78 is 0. The highest BCUT2D eigenvalue weighted by molar-refractivity contribution is 5.95. The average Bonchev–Trinajstić information content (AvgIpc) is 2.89. The Morgan fingerprint density at radius 1 is 0.882 bits per heavy atom. The lowest BCUT2D eigenvalue weighted by molar-refractivity contribution is -0.131. The maximum Gasteiger partial charge on any atom is 0.227 e. The minimum atomic E-state index is -0.261. The minimum absolute atomic E-state index is 0.0239. The first-order chi connectivity index (χ1) is 16.6. The average molecular weight is 462 g/mol. The quantitative estimate of drug-likeness (QED) is 0.587. The van der Waals surface area contributed by atoms with Crippen molar-refractivity contribution in [2.45, 2.75) is 25.7 Å². The Hall–Kier alpha value is -3.86. The number of nitrogens with zero attached hydrogens (tertiary/aromatic N) is 4. The molecule has 1 N–H and O–H groups in total. The Morgan fingerprint density at radius 3 is 2.18 bits per heavy atom. The van der Waals surface area contributed by atoms with Crippen molar-refractivity contribution in [3.63, 3.8) is 0 Å². The van der Waals surface area contributed by atoms with E-state index in [1.807, 2.05) is 41.3 Å². The molecule has 1 fully saturated rings. The summed E-state index contributed by atoms with van der Waals surface area (Å²) in [5.41, 5.74) is 1.87. The Morgan fingerprint density at radius 2 is 1.53 bits per heavy atom. The lowest BCUT2D eigenvalue weighted by Gasteiger charge is -2.36. The van der Waals surface area contributed by atoms with Crippen LogP contribution in [0.1, 0.15) is 25.7 Å². The van der Waals surface area contributed by atoms with Crippen LogP contribution >= 0.6 is 0 Å². The van der Waals surface area contributed by atoms with E-state index in [1.165, 1.54) is 4.90 Å². The van der Waals surface area contributed by atoms with Crippen LogP contribution in [-0.2, 0) is 14.4 Å². The highest BCUT2D eigenvalue weighted by Crippen LogP contribution is 2.17. The molecule has 178 valence electrons. The number of nitrogens with one attached hydrogen (secondary N) is 1. The van der Waals surface area contributed by atoms with Crippen LogP contribution in [0.3, 0.4) is 0 Å². The summed E-state index contributed by atoms with van der Waals surface area (Å²) >= 11 is 0. The molecular weight excluding hydrogens is 430 g/mol. The van der Waals surface area contributed by atoms with Crippen molar-refractivity contribution in [3.8, 4) is 6.07 Å². The van der Waals surface area contributed by atoms with Gasteiger partial charge in [0.1, 0.15) is 0 Å². The Bertz CT molecular complexity index is 983. The third kappa shape index (κ3) is 7.34. The lowest BCUT2D eigenvalue weighted by Crippen LogP contribution is -2.49. The second kappa shape index (κ2) is 13.0. The zero-order valence-corrected chi connectivity index (χ0v) is 19.4. The van der Waals surface area contributed by atoms with E-state index < -0.39 is 0 Å². The maximum absolute atomic E-state index is 12.6. The number of anilines is 2. The van der Waals surface area contributed by atoms with E-state index in [9.17, 15) is 14.4 Å². The van der Waals surface area contributed by atoms with Gasteiger partial charge in [-0.05, 0) is 24.3 Å². The van der Waals surface area contributed by atoms with Crippen LogP contribution in [-0.4, -0.2) is 61.9 Å². The van der Waals surface area contributed by atoms with Crippen LogP contribution in [0.4, 0.5) is 11.4 Å². The first kappa shape index (κ1) is 24.8. The van der Waals surface area contributed by atoms with Gasteiger partial charge in [0.15, 0.2) is 0 Å². The first-order valence-electron chi connectivity index (χ1n) is 11.7. The van der Waals surface area contributed by atoms with Crippen molar-refractivity contribution in [3.05, 3.63) is 60.7 Å². The number of carbonyl (C=O) groups excluding carboxylic acids is 3. The van der Waals surface area contributed by atoms with Gasteiger partial charge in [0, 0.05) is 69.9 Å². The number of piperazine rings is 1. The van der Waals surface area contributed by atoms with Crippen LogP contribution in [0.15, 0.2) is 60.7 Å².